The van der Waals surface area contributed by atoms with E-state index in [2.05, 4.69) is 13.8 Å². The topological polar surface area (TPSA) is 89.9 Å². The number of carboxylic acids is 1. The summed E-state index contributed by atoms with van der Waals surface area (Å²) < 4.78 is 10.5. The lowest BCUT2D eigenvalue weighted by atomic mass is 9.74. The van der Waals surface area contributed by atoms with Crippen molar-refractivity contribution in [1.82, 2.24) is 0 Å². The largest absolute Gasteiger partial charge is 0.481 e. The third-order valence-corrected chi connectivity index (χ3v) is 4.79. The number of hydrogen-bond donors (Lipinski definition) is 1. The van der Waals surface area contributed by atoms with Crippen molar-refractivity contribution in [1.29, 1.82) is 0 Å². The maximum atomic E-state index is 12.2. The predicted molar refractivity (Wildman–Crippen MR) is 92.9 cm³/mol. The molecule has 1 aliphatic carbocycles. The number of aliphatic carboxylic acids is 1. The predicted octanol–water partition coefficient (Wildman–Crippen LogP) is 3.57. The lowest BCUT2D eigenvalue weighted by Crippen LogP contribution is -2.39. The molecule has 0 radical (unpaired) electrons. The van der Waals surface area contributed by atoms with Crippen LogP contribution in [0.4, 0.5) is 0 Å². The van der Waals surface area contributed by atoms with Crippen LogP contribution in [0.15, 0.2) is 0 Å². The molecular formula is C19H32O6. The number of esters is 2. The Labute approximate surface area is 150 Å². The molecule has 0 aromatic carbocycles. The molecule has 1 aliphatic rings. The van der Waals surface area contributed by atoms with Crippen molar-refractivity contribution < 1.29 is 29.0 Å². The van der Waals surface area contributed by atoms with Crippen LogP contribution in [-0.2, 0) is 23.9 Å². The van der Waals surface area contributed by atoms with Crippen LogP contribution in [0.25, 0.3) is 0 Å². The first-order chi connectivity index (χ1) is 12.0. The van der Waals surface area contributed by atoms with Crippen LogP contribution in [0.5, 0.6) is 0 Å². The second-order valence-corrected chi connectivity index (χ2v) is 6.81. The van der Waals surface area contributed by atoms with Gasteiger partial charge in [-0.05, 0) is 32.1 Å². The molecule has 3 atom stereocenters. The number of rotatable bonds is 11. The van der Waals surface area contributed by atoms with Crippen molar-refractivity contribution in [3.63, 3.8) is 0 Å². The molecule has 6 nitrogen and oxygen atoms in total. The zero-order valence-corrected chi connectivity index (χ0v) is 15.5. The summed E-state index contributed by atoms with van der Waals surface area (Å²) in [7, 11) is 0. The van der Waals surface area contributed by atoms with E-state index in [0.29, 0.717) is 26.1 Å². The Kier molecular flexibility index (Phi) is 10.2. The number of hydrogen-bond acceptors (Lipinski definition) is 5. The summed E-state index contributed by atoms with van der Waals surface area (Å²) in [5.74, 6) is -3.80. The summed E-state index contributed by atoms with van der Waals surface area (Å²) in [5, 5.41) is 9.45. The average Bonchev–Trinajstić information content (AvgIpc) is 2.61. The first-order valence-electron chi connectivity index (χ1n) is 9.57. The van der Waals surface area contributed by atoms with E-state index in [1.165, 1.54) is 0 Å². The summed E-state index contributed by atoms with van der Waals surface area (Å²) in [4.78, 5) is 35.9. The molecule has 3 unspecified atom stereocenters. The van der Waals surface area contributed by atoms with Crippen LogP contribution >= 0.6 is 0 Å². The zero-order valence-electron chi connectivity index (χ0n) is 15.5. The minimum absolute atomic E-state index is 0.149. The lowest BCUT2D eigenvalue weighted by Gasteiger charge is -2.31. The van der Waals surface area contributed by atoms with Crippen LogP contribution < -0.4 is 0 Å². The van der Waals surface area contributed by atoms with E-state index in [1.54, 1.807) is 0 Å². The highest BCUT2D eigenvalue weighted by atomic mass is 16.5. The molecule has 1 rings (SSSR count). The third kappa shape index (κ3) is 7.45. The molecule has 25 heavy (non-hydrogen) atoms. The monoisotopic (exact) mass is 356 g/mol. The van der Waals surface area contributed by atoms with Crippen molar-refractivity contribution in [2.75, 3.05) is 13.2 Å². The normalized spacial score (nSPS) is 23.0. The second-order valence-electron chi connectivity index (χ2n) is 6.81. The van der Waals surface area contributed by atoms with E-state index in [-0.39, 0.29) is 12.4 Å². The van der Waals surface area contributed by atoms with Gasteiger partial charge in [0.05, 0.1) is 31.0 Å². The van der Waals surface area contributed by atoms with Gasteiger partial charge in [0, 0.05) is 0 Å². The Morgan fingerprint density at radius 2 is 1.40 bits per heavy atom. The van der Waals surface area contributed by atoms with Crippen LogP contribution in [0.2, 0.25) is 0 Å². The van der Waals surface area contributed by atoms with Gasteiger partial charge in [0.1, 0.15) is 0 Å². The molecule has 0 aliphatic heterocycles. The molecule has 0 heterocycles. The zero-order chi connectivity index (χ0) is 18.7. The highest BCUT2D eigenvalue weighted by Gasteiger charge is 2.42. The number of unbranched alkanes of at least 4 members (excludes halogenated alkanes) is 4. The van der Waals surface area contributed by atoms with Crippen molar-refractivity contribution in [3.05, 3.63) is 0 Å². The molecule has 0 spiro atoms. The maximum absolute atomic E-state index is 12.2. The van der Waals surface area contributed by atoms with Crippen LogP contribution in [0.3, 0.4) is 0 Å². The first-order valence-corrected chi connectivity index (χ1v) is 9.57. The van der Waals surface area contributed by atoms with Crippen LogP contribution in [0.1, 0.15) is 71.6 Å². The Morgan fingerprint density at radius 3 is 1.92 bits per heavy atom. The van der Waals surface area contributed by atoms with Crippen molar-refractivity contribution in [3.8, 4) is 0 Å². The second kappa shape index (κ2) is 11.9. The van der Waals surface area contributed by atoms with E-state index in [9.17, 15) is 19.5 Å². The highest BCUT2D eigenvalue weighted by Crippen LogP contribution is 2.35. The Morgan fingerprint density at radius 1 is 0.840 bits per heavy atom. The fourth-order valence-electron chi connectivity index (χ4n) is 3.21. The minimum atomic E-state index is -1.04. The van der Waals surface area contributed by atoms with Crippen molar-refractivity contribution in [2.24, 2.45) is 17.8 Å². The minimum Gasteiger partial charge on any atom is -0.481 e. The highest BCUT2D eigenvalue weighted by molar-refractivity contribution is 5.83. The van der Waals surface area contributed by atoms with Gasteiger partial charge in [-0.25, -0.2) is 0 Å². The van der Waals surface area contributed by atoms with E-state index in [4.69, 9.17) is 9.47 Å². The van der Waals surface area contributed by atoms with E-state index < -0.39 is 29.7 Å². The van der Waals surface area contributed by atoms with Gasteiger partial charge in [-0.1, -0.05) is 39.5 Å². The number of carbonyl (C=O) groups excluding carboxylic acids is 2. The molecule has 144 valence electrons. The van der Waals surface area contributed by atoms with Gasteiger partial charge >= 0.3 is 17.9 Å². The summed E-state index contributed by atoms with van der Waals surface area (Å²) in [6.07, 6.45) is 6.66. The molecule has 0 aromatic heterocycles. The van der Waals surface area contributed by atoms with E-state index in [1.807, 2.05) is 0 Å². The standard InChI is InChI=1S/C19H32O6/c1-3-5-7-11-24-18(22)14-9-10-15(16(13-14)17(20)21)19(23)25-12-8-6-4-2/h14-16H,3-13H2,1-2H3,(H,20,21). The molecular weight excluding hydrogens is 324 g/mol. The third-order valence-electron chi connectivity index (χ3n) is 4.79. The summed E-state index contributed by atoms with van der Waals surface area (Å²) >= 11 is 0. The smallest absolute Gasteiger partial charge is 0.309 e. The molecule has 6 heteroatoms. The molecule has 1 saturated carbocycles. The van der Waals surface area contributed by atoms with E-state index >= 15 is 0 Å². The van der Waals surface area contributed by atoms with Crippen LogP contribution in [0, 0.1) is 17.8 Å². The van der Waals surface area contributed by atoms with E-state index in [0.717, 1.165) is 38.5 Å². The van der Waals surface area contributed by atoms with Crippen molar-refractivity contribution in [2.45, 2.75) is 71.6 Å². The summed E-state index contributed by atoms with van der Waals surface area (Å²) in [6.45, 7) is 4.84. The molecule has 1 fully saturated rings. The number of carboxylic acid groups (broad SMARTS) is 1. The molecule has 0 bridgehead atoms. The molecule has 1 N–H and O–H groups in total. The number of carbonyl (C=O) groups is 3. The Bertz CT molecular complexity index is 434. The van der Waals surface area contributed by atoms with Gasteiger partial charge < -0.3 is 14.6 Å². The summed E-state index contributed by atoms with van der Waals surface area (Å²) in [5.41, 5.74) is 0. The van der Waals surface area contributed by atoms with Gasteiger partial charge in [0.25, 0.3) is 0 Å². The van der Waals surface area contributed by atoms with Gasteiger partial charge in [-0.15, -0.1) is 0 Å². The summed E-state index contributed by atoms with van der Waals surface area (Å²) in [6, 6.07) is 0. The first kappa shape index (κ1) is 21.5. The van der Waals surface area contributed by atoms with Gasteiger partial charge in [-0.3, -0.25) is 14.4 Å². The molecule has 0 saturated heterocycles. The fraction of sp³-hybridized carbons (Fsp3) is 0.842. The maximum Gasteiger partial charge on any atom is 0.309 e. The van der Waals surface area contributed by atoms with Gasteiger partial charge in [0.15, 0.2) is 0 Å². The Hall–Kier alpha value is -1.59. The quantitative estimate of drug-likeness (QED) is 0.449. The van der Waals surface area contributed by atoms with Crippen LogP contribution in [-0.4, -0.2) is 36.2 Å². The molecule has 0 aromatic rings. The van der Waals surface area contributed by atoms with Gasteiger partial charge in [0.2, 0.25) is 0 Å². The Balaban J connectivity index is 2.50. The van der Waals surface area contributed by atoms with Gasteiger partial charge in [-0.2, -0.15) is 0 Å². The average molecular weight is 356 g/mol. The number of ether oxygens (including phenoxy) is 2. The fourth-order valence-corrected chi connectivity index (χ4v) is 3.21. The lowest BCUT2D eigenvalue weighted by molar-refractivity contribution is -0.164. The SMILES string of the molecule is CCCCCOC(=O)C1CCC(C(=O)OCCCCC)C(C(=O)O)C1. The van der Waals surface area contributed by atoms with Crippen molar-refractivity contribution >= 4 is 17.9 Å². The molecule has 0 amide bonds.